The molecule has 180 valence electrons. The zero-order chi connectivity index (χ0) is 25.2. The van der Waals surface area contributed by atoms with Gasteiger partial charge in [-0.25, -0.2) is 19.0 Å². The van der Waals surface area contributed by atoms with Crippen LogP contribution in [-0.4, -0.2) is 34.4 Å². The number of ether oxygens (including phenoxy) is 1. The van der Waals surface area contributed by atoms with Gasteiger partial charge in [-0.1, -0.05) is 12.1 Å². The summed E-state index contributed by atoms with van der Waals surface area (Å²) in [5.74, 6) is -0.790. The number of pyridine rings is 1. The maximum atomic E-state index is 13.9. The molecule has 35 heavy (non-hydrogen) atoms. The zero-order valence-electron chi connectivity index (χ0n) is 17.8. The molecule has 9 nitrogen and oxygen atoms in total. The molecule has 0 fully saturated rings. The van der Waals surface area contributed by atoms with Gasteiger partial charge in [0.25, 0.3) is 0 Å². The second-order valence-electron chi connectivity index (χ2n) is 7.13. The fourth-order valence-corrected chi connectivity index (χ4v) is 3.09. The van der Waals surface area contributed by atoms with Crippen LogP contribution < -0.4 is 20.7 Å². The minimum absolute atomic E-state index is 0.225. The Labute approximate surface area is 194 Å². The lowest BCUT2D eigenvalue weighted by Gasteiger charge is -2.12. The van der Waals surface area contributed by atoms with Crippen molar-refractivity contribution in [1.82, 2.24) is 20.5 Å². The van der Waals surface area contributed by atoms with Gasteiger partial charge in [-0.05, 0) is 30.3 Å². The third kappa shape index (κ3) is 5.29. The van der Waals surface area contributed by atoms with Crippen molar-refractivity contribution in [2.75, 3.05) is 17.7 Å². The van der Waals surface area contributed by atoms with E-state index >= 15 is 0 Å². The Morgan fingerprint density at radius 2 is 1.77 bits per heavy atom. The number of aromatic amines is 1. The SMILES string of the molecule is CNC(=O)Oc1cc(-c2ccc(NC(=O)Nc3cc(C(F)(F)F)ccc3F)cc2)nc2[nH]ncc12. The van der Waals surface area contributed by atoms with Crippen molar-refractivity contribution in [3.8, 4) is 17.0 Å². The number of halogens is 4. The maximum Gasteiger partial charge on any atom is 0.416 e. The quantitative estimate of drug-likeness (QED) is 0.296. The molecule has 4 rings (SSSR count). The minimum Gasteiger partial charge on any atom is -0.409 e. The molecule has 13 heteroatoms. The van der Waals surface area contributed by atoms with Crippen LogP contribution in [0.3, 0.4) is 0 Å². The van der Waals surface area contributed by atoms with Crippen molar-refractivity contribution >= 4 is 34.5 Å². The van der Waals surface area contributed by atoms with Gasteiger partial charge in [0.1, 0.15) is 11.6 Å². The normalized spacial score (nSPS) is 11.2. The molecule has 0 bridgehead atoms. The third-order valence-corrected chi connectivity index (χ3v) is 4.77. The average Bonchev–Trinajstić information content (AvgIpc) is 3.29. The van der Waals surface area contributed by atoms with E-state index in [1.54, 1.807) is 18.2 Å². The van der Waals surface area contributed by atoms with Crippen molar-refractivity contribution in [3.63, 3.8) is 0 Å². The fraction of sp³-hybridized carbons (Fsp3) is 0.0909. The lowest BCUT2D eigenvalue weighted by atomic mass is 10.1. The summed E-state index contributed by atoms with van der Waals surface area (Å²) < 4.78 is 57.7. The molecule has 4 N–H and O–H groups in total. The number of H-pyrrole nitrogens is 1. The molecule has 0 spiro atoms. The number of carbonyl (C=O) groups excluding carboxylic acids is 2. The number of carbonyl (C=O) groups is 2. The summed E-state index contributed by atoms with van der Waals surface area (Å²) in [4.78, 5) is 28.3. The number of urea groups is 1. The van der Waals surface area contributed by atoms with E-state index in [4.69, 9.17) is 4.74 Å². The Morgan fingerprint density at radius 3 is 2.46 bits per heavy atom. The first-order valence-electron chi connectivity index (χ1n) is 9.93. The molecule has 0 saturated carbocycles. The molecular formula is C22H16F4N6O3. The van der Waals surface area contributed by atoms with Crippen LogP contribution in [0.15, 0.2) is 54.7 Å². The van der Waals surface area contributed by atoms with E-state index < -0.39 is 35.4 Å². The number of amides is 3. The van der Waals surface area contributed by atoms with Crippen LogP contribution in [0.2, 0.25) is 0 Å². The molecule has 3 amide bonds. The second kappa shape index (κ2) is 9.29. The zero-order valence-corrected chi connectivity index (χ0v) is 17.8. The van der Waals surface area contributed by atoms with Gasteiger partial charge >= 0.3 is 18.3 Å². The van der Waals surface area contributed by atoms with Crippen molar-refractivity contribution in [1.29, 1.82) is 0 Å². The third-order valence-electron chi connectivity index (χ3n) is 4.77. The Kier molecular flexibility index (Phi) is 6.23. The van der Waals surface area contributed by atoms with Gasteiger partial charge in [0.15, 0.2) is 5.65 Å². The molecular weight excluding hydrogens is 472 g/mol. The van der Waals surface area contributed by atoms with Crippen LogP contribution in [0, 0.1) is 5.82 Å². The second-order valence-corrected chi connectivity index (χ2v) is 7.13. The van der Waals surface area contributed by atoms with E-state index in [1.165, 1.54) is 25.4 Å². The number of nitrogens with zero attached hydrogens (tertiary/aromatic N) is 2. The standard InChI is InChI=1S/C22H16F4N6O3/c1-27-21(34)35-18-9-16(30-19-14(18)10-28-32-19)11-2-5-13(6-3-11)29-20(33)31-17-8-12(22(24,25)26)4-7-15(17)23/h2-10H,1H3,(H,27,34)(H,28,30,32)(H2,29,31,33). The molecule has 4 aromatic rings. The highest BCUT2D eigenvalue weighted by atomic mass is 19.4. The summed E-state index contributed by atoms with van der Waals surface area (Å²) in [5, 5.41) is 13.9. The van der Waals surface area contributed by atoms with Gasteiger partial charge in [-0.2, -0.15) is 18.3 Å². The summed E-state index contributed by atoms with van der Waals surface area (Å²) in [6, 6.07) is 8.55. The molecule has 0 aliphatic rings. The van der Waals surface area contributed by atoms with Crippen molar-refractivity contribution < 1.29 is 31.9 Å². The molecule has 0 aliphatic heterocycles. The van der Waals surface area contributed by atoms with Crippen molar-refractivity contribution in [2.45, 2.75) is 6.18 Å². The highest BCUT2D eigenvalue weighted by Gasteiger charge is 2.31. The summed E-state index contributed by atoms with van der Waals surface area (Å²) in [6.45, 7) is 0. The minimum atomic E-state index is -4.69. The molecule has 0 saturated heterocycles. The van der Waals surface area contributed by atoms with Gasteiger partial charge in [0.2, 0.25) is 0 Å². The highest BCUT2D eigenvalue weighted by Crippen LogP contribution is 2.32. The number of aromatic nitrogens is 3. The number of rotatable bonds is 4. The summed E-state index contributed by atoms with van der Waals surface area (Å²) >= 11 is 0. The first-order chi connectivity index (χ1) is 16.6. The Hall–Kier alpha value is -4.68. The van der Waals surface area contributed by atoms with E-state index in [1.807, 2.05) is 0 Å². The van der Waals surface area contributed by atoms with Crippen molar-refractivity contribution in [2.24, 2.45) is 0 Å². The predicted molar refractivity (Wildman–Crippen MR) is 118 cm³/mol. The van der Waals surface area contributed by atoms with Gasteiger partial charge in [0, 0.05) is 24.4 Å². The van der Waals surface area contributed by atoms with Crippen LogP contribution >= 0.6 is 0 Å². The van der Waals surface area contributed by atoms with Crippen LogP contribution in [0.25, 0.3) is 22.3 Å². The number of nitrogens with one attached hydrogen (secondary N) is 4. The monoisotopic (exact) mass is 488 g/mol. The van der Waals surface area contributed by atoms with Crippen LogP contribution in [-0.2, 0) is 6.18 Å². The summed E-state index contributed by atoms with van der Waals surface area (Å²) in [6.07, 6.45) is -3.90. The predicted octanol–water partition coefficient (Wildman–Crippen LogP) is 5.15. The Balaban J connectivity index is 1.51. The van der Waals surface area contributed by atoms with E-state index in [-0.39, 0.29) is 11.4 Å². The number of alkyl halides is 3. The van der Waals surface area contributed by atoms with E-state index in [0.717, 1.165) is 0 Å². The van der Waals surface area contributed by atoms with Crippen LogP contribution in [0.4, 0.5) is 38.5 Å². The van der Waals surface area contributed by atoms with Crippen LogP contribution in [0.5, 0.6) is 5.75 Å². The molecule has 2 aromatic heterocycles. The van der Waals surface area contributed by atoms with Gasteiger partial charge < -0.3 is 20.7 Å². The Morgan fingerprint density at radius 1 is 1.03 bits per heavy atom. The first-order valence-corrected chi connectivity index (χ1v) is 9.93. The summed E-state index contributed by atoms with van der Waals surface area (Å²) in [7, 11) is 1.42. The molecule has 0 unspecified atom stereocenters. The van der Waals surface area contributed by atoms with Gasteiger partial charge in [0.05, 0.1) is 28.5 Å². The molecule has 2 heterocycles. The lowest BCUT2D eigenvalue weighted by Crippen LogP contribution is -2.22. The molecule has 0 radical (unpaired) electrons. The number of hydrogen-bond donors (Lipinski definition) is 4. The van der Waals surface area contributed by atoms with Crippen LogP contribution in [0.1, 0.15) is 5.56 Å². The summed E-state index contributed by atoms with van der Waals surface area (Å²) in [5.41, 5.74) is -0.0234. The topological polar surface area (TPSA) is 121 Å². The fourth-order valence-electron chi connectivity index (χ4n) is 3.09. The average molecular weight is 488 g/mol. The van der Waals surface area contributed by atoms with E-state index in [2.05, 4.69) is 31.1 Å². The van der Waals surface area contributed by atoms with Crippen molar-refractivity contribution in [3.05, 3.63) is 66.1 Å². The molecule has 0 atom stereocenters. The van der Waals surface area contributed by atoms with E-state index in [9.17, 15) is 27.2 Å². The number of fused-ring (bicyclic) bond motifs is 1. The highest BCUT2D eigenvalue weighted by molar-refractivity contribution is 6.00. The van der Waals surface area contributed by atoms with Gasteiger partial charge in [-0.15, -0.1) is 0 Å². The van der Waals surface area contributed by atoms with E-state index in [0.29, 0.717) is 40.5 Å². The molecule has 0 aliphatic carbocycles. The smallest absolute Gasteiger partial charge is 0.409 e. The molecule has 2 aromatic carbocycles. The first kappa shape index (κ1) is 23.5. The maximum absolute atomic E-state index is 13.9. The van der Waals surface area contributed by atoms with Gasteiger partial charge in [-0.3, -0.25) is 5.10 Å². The lowest BCUT2D eigenvalue weighted by molar-refractivity contribution is -0.137. The number of anilines is 2. The Bertz CT molecular complexity index is 1400. The number of hydrogen-bond acceptors (Lipinski definition) is 5. The number of benzene rings is 2. The largest absolute Gasteiger partial charge is 0.416 e.